The minimum absolute atomic E-state index is 0. The van der Waals surface area contributed by atoms with Gasteiger partial charge >= 0.3 is 35.5 Å². The number of benzene rings is 1. The maximum atomic E-state index is 11.6. The van der Waals surface area contributed by atoms with E-state index in [2.05, 4.69) is 4.74 Å². The Morgan fingerprint density at radius 3 is 2.56 bits per heavy atom. The Labute approximate surface area is 129 Å². The zero-order valence-electron chi connectivity index (χ0n) is 10.3. The minimum atomic E-state index is -2.49. The van der Waals surface area contributed by atoms with Crippen LogP contribution in [0, 0.1) is 0 Å². The summed E-state index contributed by atoms with van der Waals surface area (Å²) < 4.78 is 28.6. The Balaban J connectivity index is 0.00000162. The van der Waals surface area contributed by atoms with E-state index in [1.807, 2.05) is 0 Å². The van der Waals surface area contributed by atoms with Crippen molar-refractivity contribution in [3.63, 3.8) is 0 Å². The maximum absolute atomic E-state index is 11.6. The molecule has 1 atom stereocenters. The summed E-state index contributed by atoms with van der Waals surface area (Å²) >= 11 is -2.49. The van der Waals surface area contributed by atoms with E-state index in [0.29, 0.717) is 10.9 Å². The van der Waals surface area contributed by atoms with Crippen LogP contribution in [0.15, 0.2) is 29.2 Å². The number of aromatic nitrogens is 1. The topological polar surface area (TPSA) is 71.4 Å². The van der Waals surface area contributed by atoms with Crippen molar-refractivity contribution in [3.8, 4) is 0 Å². The van der Waals surface area contributed by atoms with Crippen molar-refractivity contribution in [2.24, 2.45) is 7.05 Å². The van der Waals surface area contributed by atoms with Crippen LogP contribution >= 0.6 is 0 Å². The third-order valence-electron chi connectivity index (χ3n) is 2.61. The summed E-state index contributed by atoms with van der Waals surface area (Å²) in [6.07, 6.45) is 0. The molecule has 0 spiro atoms. The second-order valence-corrected chi connectivity index (χ2v) is 4.36. The Morgan fingerprint density at radius 2 is 2.00 bits per heavy atom. The van der Waals surface area contributed by atoms with Gasteiger partial charge in [0.2, 0.25) is 0 Å². The molecule has 0 fully saturated rings. The van der Waals surface area contributed by atoms with Crippen molar-refractivity contribution < 1.29 is 47.9 Å². The van der Waals surface area contributed by atoms with E-state index in [-0.39, 0.29) is 40.1 Å². The monoisotopic (exact) mass is 275 g/mol. The predicted molar refractivity (Wildman–Crippen MR) is 61.4 cm³/mol. The molecule has 0 bridgehead atoms. The number of methoxy groups -OCH3 is 1. The molecule has 0 N–H and O–H groups in total. The summed E-state index contributed by atoms with van der Waals surface area (Å²) in [4.78, 5) is 11.6. The van der Waals surface area contributed by atoms with Gasteiger partial charge in [-0.2, -0.15) is 0 Å². The molecular weight excluding hydrogens is 265 g/mol. The van der Waals surface area contributed by atoms with Gasteiger partial charge in [0.25, 0.3) is 0 Å². The van der Waals surface area contributed by atoms with Crippen molar-refractivity contribution in [3.05, 3.63) is 30.0 Å². The van der Waals surface area contributed by atoms with Crippen LogP contribution in [0.25, 0.3) is 10.9 Å². The summed E-state index contributed by atoms with van der Waals surface area (Å²) in [7, 11) is 2.85. The molecule has 2 rings (SSSR count). The molecule has 0 amide bonds. The van der Waals surface area contributed by atoms with Crippen LogP contribution in [0.1, 0.15) is 10.5 Å². The molecule has 0 saturated heterocycles. The number of hydrogen-bond donors (Lipinski definition) is 0. The van der Waals surface area contributed by atoms with Crippen LogP contribution in [0.4, 0.5) is 0 Å². The second-order valence-electron chi connectivity index (χ2n) is 3.48. The standard InChI is InChI=1S/C11H11NO4S.Na/c1-12-8-6-4-3-5-7(8)10(17(14)15)9(12)11(13)16-2;/h3-6H,1-2H3,(H,14,15);/q;+1/p-1. The molecule has 0 radical (unpaired) electrons. The first kappa shape index (κ1) is 15.4. The van der Waals surface area contributed by atoms with Crippen molar-refractivity contribution in [2.75, 3.05) is 7.11 Å². The predicted octanol–water partition coefficient (Wildman–Crippen LogP) is -1.79. The average Bonchev–Trinajstić information content (AvgIpc) is 2.62. The Hall–Kier alpha value is -0.660. The summed E-state index contributed by atoms with van der Waals surface area (Å²) in [5, 5.41) is 0.517. The fourth-order valence-corrected chi connectivity index (χ4v) is 2.58. The van der Waals surface area contributed by atoms with Gasteiger partial charge in [0, 0.05) is 18.0 Å². The first-order valence-corrected chi connectivity index (χ1v) is 5.90. The number of nitrogens with zero attached hydrogens (tertiary/aromatic N) is 1. The number of ether oxygens (including phenoxy) is 1. The molecule has 90 valence electrons. The third kappa shape index (κ3) is 2.39. The smallest absolute Gasteiger partial charge is 0.768 e. The van der Waals surface area contributed by atoms with Gasteiger partial charge < -0.3 is 13.9 Å². The van der Waals surface area contributed by atoms with Gasteiger partial charge in [0.1, 0.15) is 5.69 Å². The van der Waals surface area contributed by atoms with Crippen molar-refractivity contribution in [1.82, 2.24) is 4.57 Å². The Bertz CT molecular complexity index is 623. The molecule has 1 heterocycles. The quantitative estimate of drug-likeness (QED) is 0.368. The van der Waals surface area contributed by atoms with E-state index in [1.165, 1.54) is 11.7 Å². The Kier molecular flexibility index (Phi) is 5.12. The zero-order valence-corrected chi connectivity index (χ0v) is 13.1. The Morgan fingerprint density at radius 1 is 1.39 bits per heavy atom. The van der Waals surface area contributed by atoms with Crippen LogP contribution < -0.4 is 29.6 Å². The number of para-hydroxylation sites is 1. The minimum Gasteiger partial charge on any atom is -0.768 e. The SMILES string of the molecule is COC(=O)c1c(S(=O)[O-])c2ccccc2n1C.[Na+]. The number of hydrogen-bond acceptors (Lipinski definition) is 4. The molecular formula is C11H10NNaO4S. The summed E-state index contributed by atoms with van der Waals surface area (Å²) in [5.41, 5.74) is 0.717. The molecule has 0 aliphatic heterocycles. The van der Waals surface area contributed by atoms with Gasteiger partial charge in [-0.15, -0.1) is 0 Å². The number of carbonyl (C=O) groups is 1. The number of aryl methyl sites for hydroxylation is 1. The molecule has 1 unspecified atom stereocenters. The number of rotatable bonds is 2. The molecule has 0 aliphatic rings. The van der Waals surface area contributed by atoms with Crippen LogP contribution in [0.5, 0.6) is 0 Å². The number of carbonyl (C=O) groups excluding carboxylic acids is 1. The summed E-state index contributed by atoms with van der Waals surface area (Å²) in [5.74, 6) is -0.664. The van der Waals surface area contributed by atoms with E-state index >= 15 is 0 Å². The van der Waals surface area contributed by atoms with Crippen LogP contribution in [0.3, 0.4) is 0 Å². The largest absolute Gasteiger partial charge is 1.00 e. The molecule has 0 saturated carbocycles. The number of fused-ring (bicyclic) bond motifs is 1. The average molecular weight is 275 g/mol. The first-order valence-electron chi connectivity index (χ1n) is 4.83. The van der Waals surface area contributed by atoms with E-state index in [4.69, 9.17) is 0 Å². The van der Waals surface area contributed by atoms with Gasteiger partial charge in [0.15, 0.2) is 0 Å². The van der Waals surface area contributed by atoms with E-state index in [1.54, 1.807) is 31.3 Å². The summed E-state index contributed by atoms with van der Waals surface area (Å²) in [6.45, 7) is 0. The van der Waals surface area contributed by atoms with Crippen LogP contribution in [-0.4, -0.2) is 26.4 Å². The van der Waals surface area contributed by atoms with Gasteiger partial charge in [-0.1, -0.05) is 18.2 Å². The van der Waals surface area contributed by atoms with Gasteiger partial charge in [-0.3, -0.25) is 4.21 Å². The molecule has 1 aromatic heterocycles. The fraction of sp³-hybridized carbons (Fsp3) is 0.182. The molecule has 0 aliphatic carbocycles. The molecule has 5 nitrogen and oxygen atoms in total. The molecule has 2 aromatic rings. The first-order chi connectivity index (χ1) is 8.07. The zero-order chi connectivity index (χ0) is 12.6. The van der Waals surface area contributed by atoms with Gasteiger partial charge in [-0.05, 0) is 17.1 Å². The van der Waals surface area contributed by atoms with Gasteiger partial charge in [0.05, 0.1) is 12.0 Å². The van der Waals surface area contributed by atoms with E-state index in [0.717, 1.165) is 0 Å². The molecule has 7 heteroatoms. The van der Waals surface area contributed by atoms with Crippen LogP contribution in [-0.2, 0) is 22.9 Å². The molecule has 1 aromatic carbocycles. The fourth-order valence-electron chi connectivity index (χ4n) is 1.85. The summed E-state index contributed by atoms with van der Waals surface area (Å²) in [6, 6.07) is 6.91. The van der Waals surface area contributed by atoms with Gasteiger partial charge in [-0.25, -0.2) is 4.79 Å². The number of esters is 1. The molecule has 18 heavy (non-hydrogen) atoms. The maximum Gasteiger partial charge on any atom is 1.00 e. The van der Waals surface area contributed by atoms with Crippen LogP contribution in [0.2, 0.25) is 0 Å². The van der Waals surface area contributed by atoms with Crippen molar-refractivity contribution in [2.45, 2.75) is 4.90 Å². The van der Waals surface area contributed by atoms with E-state index < -0.39 is 17.0 Å². The second kappa shape index (κ2) is 5.99. The normalized spacial score (nSPS) is 11.9. The van der Waals surface area contributed by atoms with Crippen molar-refractivity contribution >= 4 is 28.0 Å². The third-order valence-corrected chi connectivity index (χ3v) is 3.35. The van der Waals surface area contributed by atoms with Crippen molar-refractivity contribution in [1.29, 1.82) is 0 Å². The van der Waals surface area contributed by atoms with E-state index in [9.17, 15) is 13.6 Å².